The molecule has 0 bridgehead atoms. The number of benzene rings is 1. The van der Waals surface area contributed by atoms with Crippen LogP contribution in [0.2, 0.25) is 0 Å². The lowest BCUT2D eigenvalue weighted by Crippen LogP contribution is -2.17. The minimum Gasteiger partial charge on any atom is -0.492 e. The molecule has 1 aromatic heterocycles. The van der Waals surface area contributed by atoms with Crippen molar-refractivity contribution in [1.82, 2.24) is 0 Å². The van der Waals surface area contributed by atoms with Crippen molar-refractivity contribution in [3.63, 3.8) is 0 Å². The molecule has 2 rings (SSSR count). The van der Waals surface area contributed by atoms with Crippen LogP contribution >= 0.6 is 34.9 Å². The van der Waals surface area contributed by atoms with Crippen molar-refractivity contribution in [2.24, 2.45) is 0 Å². The number of halogens is 6. The summed E-state index contributed by atoms with van der Waals surface area (Å²) in [6.07, 6.45) is -7.37. The summed E-state index contributed by atoms with van der Waals surface area (Å²) in [4.78, 5) is 10.3. The molecule has 7 nitrogen and oxygen atoms in total. The zero-order valence-electron chi connectivity index (χ0n) is 17.3. The molecule has 0 spiro atoms. The van der Waals surface area contributed by atoms with Gasteiger partial charge in [-0.25, -0.2) is 4.79 Å². The summed E-state index contributed by atoms with van der Waals surface area (Å²) >= 11 is 3.52. The van der Waals surface area contributed by atoms with Crippen molar-refractivity contribution in [2.75, 3.05) is 25.1 Å². The number of carbonyl (C=O) groups is 1. The van der Waals surface area contributed by atoms with Gasteiger partial charge in [0.2, 0.25) is 0 Å². The highest BCUT2D eigenvalue weighted by Crippen LogP contribution is 2.69. The normalized spacial score (nSPS) is 12.8. The van der Waals surface area contributed by atoms with Gasteiger partial charge in [-0.3, -0.25) is 9.88 Å². The molecule has 0 aliphatic heterocycles. The Kier molecular flexibility index (Phi) is 9.13. The second-order valence-corrected chi connectivity index (χ2v) is 10.4. The third-order valence-corrected chi connectivity index (χ3v) is 8.66. The minimum absolute atomic E-state index is 0.0630. The molecule has 0 aliphatic carbocycles. The fourth-order valence-electron chi connectivity index (χ4n) is 2.75. The van der Waals surface area contributed by atoms with Gasteiger partial charge in [-0.1, -0.05) is 0 Å². The Bertz CT molecular complexity index is 1040. The molecule has 2 aromatic rings. The van der Waals surface area contributed by atoms with Crippen LogP contribution in [0.3, 0.4) is 0 Å². The van der Waals surface area contributed by atoms with E-state index in [4.69, 9.17) is 18.9 Å². The first-order valence-corrected chi connectivity index (χ1v) is 12.6. The highest BCUT2D eigenvalue weighted by Gasteiger charge is 2.57. The fourth-order valence-corrected chi connectivity index (χ4v) is 6.77. The molecular formula is C18H20BrF5NO6PS. The van der Waals surface area contributed by atoms with Crippen molar-refractivity contribution in [1.29, 1.82) is 0 Å². The number of ether oxygens (including phenoxy) is 1. The van der Waals surface area contributed by atoms with Gasteiger partial charge in [-0.05, 0) is 42.3 Å². The smallest absolute Gasteiger partial charge is 0.409 e. The van der Waals surface area contributed by atoms with E-state index in [-0.39, 0.29) is 39.2 Å². The van der Waals surface area contributed by atoms with Crippen LogP contribution in [0.25, 0.3) is 10.1 Å². The predicted octanol–water partition coefficient (Wildman–Crippen LogP) is 7.79. The number of anilines is 1. The molecule has 1 heterocycles. The highest BCUT2D eigenvalue weighted by molar-refractivity contribution is 9.10. The molecule has 0 atom stereocenters. The lowest BCUT2D eigenvalue weighted by atomic mass is 10.2. The number of hydrogen-bond acceptors (Lipinski definition) is 6. The van der Waals surface area contributed by atoms with E-state index in [1.54, 1.807) is 0 Å². The number of thiophene rings is 1. The predicted molar refractivity (Wildman–Crippen MR) is 117 cm³/mol. The largest absolute Gasteiger partial charge is 0.492 e. The van der Waals surface area contributed by atoms with E-state index in [0.717, 1.165) is 0 Å². The zero-order chi connectivity index (χ0) is 25.0. The van der Waals surface area contributed by atoms with E-state index in [9.17, 15) is 22.5 Å². The van der Waals surface area contributed by atoms with Crippen LogP contribution in [-0.2, 0) is 19.3 Å². The van der Waals surface area contributed by atoms with Gasteiger partial charge < -0.3 is 18.9 Å². The van der Waals surface area contributed by atoms with Gasteiger partial charge in [0.15, 0.2) is 0 Å². The second kappa shape index (κ2) is 10.9. The maximum absolute atomic E-state index is 15.3. The van der Waals surface area contributed by atoms with Crippen LogP contribution < -0.4 is 10.1 Å². The van der Waals surface area contributed by atoms with Gasteiger partial charge in [0.25, 0.3) is 0 Å². The van der Waals surface area contributed by atoms with Crippen molar-refractivity contribution in [3.05, 3.63) is 21.5 Å². The zero-order valence-corrected chi connectivity index (χ0v) is 20.6. The number of rotatable bonds is 11. The van der Waals surface area contributed by atoms with Gasteiger partial charge in [0, 0.05) is 28.0 Å². The van der Waals surface area contributed by atoms with Crippen molar-refractivity contribution in [3.8, 4) is 5.75 Å². The summed E-state index contributed by atoms with van der Waals surface area (Å²) in [7, 11) is -4.95. The Balaban J connectivity index is 2.57. The molecule has 0 saturated heterocycles. The van der Waals surface area contributed by atoms with Gasteiger partial charge in [-0.2, -0.15) is 22.0 Å². The lowest BCUT2D eigenvalue weighted by molar-refractivity contribution is -0.136. The molecule has 0 saturated carbocycles. The van der Waals surface area contributed by atoms with Crippen LogP contribution in [0.5, 0.6) is 5.75 Å². The number of nitrogens with one attached hydrogen (secondary N) is 1. The summed E-state index contributed by atoms with van der Waals surface area (Å²) < 4.78 is 95.6. The first-order valence-electron chi connectivity index (χ1n) is 9.48. The van der Waals surface area contributed by atoms with Crippen LogP contribution in [0.15, 0.2) is 16.6 Å². The fraction of sp³-hybridized carbons (Fsp3) is 0.500. The Morgan fingerprint density at radius 1 is 1.18 bits per heavy atom. The number of carboxylic acid groups (broad SMARTS) is 1. The number of hydrogen-bond donors (Lipinski definition) is 2. The lowest BCUT2D eigenvalue weighted by Gasteiger charge is -2.25. The number of amides is 1. The quantitative estimate of drug-likeness (QED) is 0.159. The SMILES string of the molecule is CCOP(=O)(OCC)C(F)(F)c1sc2c(OCCCC(F)(F)F)cc(NC(=O)O)cc2c1Br. The molecule has 2 N–H and O–H groups in total. The molecule has 1 amide bonds. The van der Waals surface area contributed by atoms with E-state index >= 15 is 8.78 Å². The molecule has 0 aliphatic rings. The number of alkyl halides is 5. The highest BCUT2D eigenvalue weighted by atomic mass is 79.9. The Hall–Kier alpha value is -1.47. The van der Waals surface area contributed by atoms with E-state index in [0.29, 0.717) is 11.3 Å². The second-order valence-electron chi connectivity index (χ2n) is 6.47. The van der Waals surface area contributed by atoms with E-state index in [1.165, 1.54) is 26.0 Å². The molecule has 1 aromatic carbocycles. The summed E-state index contributed by atoms with van der Waals surface area (Å²) in [5.41, 5.74) is -4.15. The Morgan fingerprint density at radius 3 is 2.30 bits per heavy atom. The molecule has 33 heavy (non-hydrogen) atoms. The van der Waals surface area contributed by atoms with Gasteiger partial charge in [0.05, 0.1) is 24.5 Å². The summed E-state index contributed by atoms with van der Waals surface area (Å²) in [5, 5.41) is 11.1. The van der Waals surface area contributed by atoms with E-state index in [1.807, 2.05) is 5.32 Å². The standard InChI is InChI=1S/C18H20BrF5NO6PS/c1-3-30-32(28,31-4-2)18(23,24)15-13(19)11-8-10(25-16(26)27)9-12(14(11)33-15)29-7-5-6-17(20,21)22/h8-9,25H,3-7H2,1-2H3,(H,26,27). The number of fused-ring (bicyclic) bond motifs is 1. The summed E-state index contributed by atoms with van der Waals surface area (Å²) in [6.45, 7) is 1.73. The van der Waals surface area contributed by atoms with Crippen LogP contribution in [0, 0.1) is 0 Å². The third-order valence-electron chi connectivity index (χ3n) is 4.02. The van der Waals surface area contributed by atoms with Crippen molar-refractivity contribution >= 4 is 56.7 Å². The topological polar surface area (TPSA) is 94.1 Å². The molecular weight excluding hydrogens is 564 g/mol. The van der Waals surface area contributed by atoms with Crippen LogP contribution in [-0.4, -0.2) is 37.2 Å². The molecule has 186 valence electrons. The Morgan fingerprint density at radius 2 is 1.79 bits per heavy atom. The van der Waals surface area contributed by atoms with Crippen molar-refractivity contribution < 1.29 is 50.2 Å². The summed E-state index contributed by atoms with van der Waals surface area (Å²) in [5.74, 6) is -0.117. The summed E-state index contributed by atoms with van der Waals surface area (Å²) in [6, 6.07) is 2.40. The monoisotopic (exact) mass is 583 g/mol. The van der Waals surface area contributed by atoms with Gasteiger partial charge in [0.1, 0.15) is 10.6 Å². The van der Waals surface area contributed by atoms with Gasteiger partial charge in [-0.15, -0.1) is 11.3 Å². The first-order chi connectivity index (χ1) is 15.3. The molecule has 0 fully saturated rings. The maximum atomic E-state index is 15.3. The minimum atomic E-state index is -4.95. The molecule has 15 heteroatoms. The van der Waals surface area contributed by atoms with Crippen LogP contribution in [0.1, 0.15) is 31.6 Å². The average molecular weight is 584 g/mol. The van der Waals surface area contributed by atoms with Crippen LogP contribution in [0.4, 0.5) is 32.4 Å². The first kappa shape index (κ1) is 27.8. The van der Waals surface area contributed by atoms with Gasteiger partial charge >= 0.3 is 25.5 Å². The maximum Gasteiger partial charge on any atom is 0.409 e. The Labute approximate surface area is 197 Å². The van der Waals surface area contributed by atoms with Crippen molar-refractivity contribution in [2.45, 2.75) is 38.5 Å². The molecule has 0 unspecified atom stereocenters. The average Bonchev–Trinajstić information content (AvgIpc) is 3.02. The van der Waals surface area contributed by atoms with E-state index in [2.05, 4.69) is 15.9 Å². The van der Waals surface area contributed by atoms with E-state index < -0.39 is 49.9 Å². The third kappa shape index (κ3) is 6.56. The molecule has 0 radical (unpaired) electrons.